The predicted molar refractivity (Wildman–Crippen MR) is 128 cm³/mol. The van der Waals surface area contributed by atoms with Crippen LogP contribution in [-0.4, -0.2) is 37.8 Å². The Morgan fingerprint density at radius 2 is 1.47 bits per heavy atom. The van der Waals surface area contributed by atoms with Gasteiger partial charge in [0.2, 0.25) is 5.43 Å². The number of hydrogen-bond acceptors (Lipinski definition) is 6. The number of methoxy groups -OCH3 is 2. The van der Waals surface area contributed by atoms with E-state index in [2.05, 4.69) is 0 Å². The molecule has 0 radical (unpaired) electrons. The monoisotopic (exact) mass is 457 g/mol. The third-order valence-electron chi connectivity index (χ3n) is 5.85. The first-order valence-electron chi connectivity index (χ1n) is 10.9. The largest absolute Gasteiger partial charge is 0.497 e. The molecule has 0 fully saturated rings. The summed E-state index contributed by atoms with van der Waals surface area (Å²) >= 11 is 0. The number of ether oxygens (including phenoxy) is 4. The Morgan fingerprint density at radius 1 is 0.882 bits per heavy atom. The van der Waals surface area contributed by atoms with Crippen molar-refractivity contribution in [3.63, 3.8) is 0 Å². The lowest BCUT2D eigenvalue weighted by molar-refractivity contribution is 0.103. The Balaban J connectivity index is 1.66. The van der Waals surface area contributed by atoms with Gasteiger partial charge in [0, 0.05) is 24.4 Å². The summed E-state index contributed by atoms with van der Waals surface area (Å²) in [7, 11) is 3.18. The molecule has 0 N–H and O–H groups in total. The Bertz CT molecular complexity index is 1420. The normalized spacial score (nSPS) is 12.4. The van der Waals surface area contributed by atoms with Crippen LogP contribution in [0.5, 0.6) is 23.0 Å². The van der Waals surface area contributed by atoms with Crippen molar-refractivity contribution < 1.29 is 23.7 Å². The molecule has 0 atom stereocenters. The van der Waals surface area contributed by atoms with Gasteiger partial charge in [0.05, 0.1) is 30.7 Å². The van der Waals surface area contributed by atoms with Crippen LogP contribution >= 0.6 is 0 Å². The molecule has 34 heavy (non-hydrogen) atoms. The maximum Gasteiger partial charge on any atom is 0.200 e. The zero-order chi connectivity index (χ0) is 23.7. The molecule has 4 aromatic rings. The fraction of sp³-hybridized carbons (Fsp3) is 0.185. The molecule has 5 rings (SSSR count). The average Bonchev–Trinajstić information content (AvgIpc) is 2.89. The SMILES string of the molecule is COc1ccc(Cn2cc(C(=O)c3ccc(OC)cc3)c(=O)c3cc4c(cc32)OCCO4)cc1. The average molecular weight is 457 g/mol. The van der Waals surface area contributed by atoms with Crippen LogP contribution < -0.4 is 24.4 Å². The first kappa shape index (κ1) is 21.6. The highest BCUT2D eigenvalue weighted by atomic mass is 16.6. The quantitative estimate of drug-likeness (QED) is 0.407. The molecule has 0 spiro atoms. The van der Waals surface area contributed by atoms with Gasteiger partial charge in [0.1, 0.15) is 24.7 Å². The molecule has 172 valence electrons. The molecular weight excluding hydrogens is 434 g/mol. The standard InChI is InChI=1S/C27H23NO6/c1-31-19-7-3-17(4-8-19)15-28-16-22(26(29)18-5-9-20(32-2)10-6-18)27(30)21-13-24-25(14-23(21)28)34-12-11-33-24/h3-10,13-14,16H,11-12,15H2,1-2H3. The number of hydrogen-bond donors (Lipinski definition) is 0. The van der Waals surface area contributed by atoms with E-state index in [1.807, 2.05) is 28.8 Å². The Labute approximate surface area is 196 Å². The van der Waals surface area contributed by atoms with E-state index in [0.29, 0.717) is 53.5 Å². The first-order valence-corrected chi connectivity index (χ1v) is 10.9. The maximum absolute atomic E-state index is 13.5. The highest BCUT2D eigenvalue weighted by molar-refractivity contribution is 6.10. The van der Waals surface area contributed by atoms with Gasteiger partial charge in [-0.05, 0) is 48.0 Å². The van der Waals surface area contributed by atoms with E-state index in [1.54, 1.807) is 56.8 Å². The Kier molecular flexibility index (Phi) is 5.67. The summed E-state index contributed by atoms with van der Waals surface area (Å²) in [5, 5.41) is 0.400. The molecule has 1 aliphatic heterocycles. The highest BCUT2D eigenvalue weighted by Gasteiger charge is 2.21. The number of pyridine rings is 1. The second-order valence-corrected chi connectivity index (χ2v) is 7.92. The van der Waals surface area contributed by atoms with Crippen molar-refractivity contribution in [2.75, 3.05) is 27.4 Å². The van der Waals surface area contributed by atoms with Crippen molar-refractivity contribution in [2.24, 2.45) is 0 Å². The topological polar surface area (TPSA) is 76.0 Å². The molecule has 0 aliphatic carbocycles. The fourth-order valence-corrected chi connectivity index (χ4v) is 4.04. The predicted octanol–water partition coefficient (Wildman–Crippen LogP) is 4.07. The van der Waals surface area contributed by atoms with Crippen LogP contribution in [-0.2, 0) is 6.54 Å². The molecule has 0 saturated carbocycles. The number of carbonyl (C=O) groups is 1. The highest BCUT2D eigenvalue weighted by Crippen LogP contribution is 2.34. The first-order chi connectivity index (χ1) is 16.6. The molecule has 7 heteroatoms. The van der Waals surface area contributed by atoms with E-state index in [0.717, 1.165) is 11.3 Å². The Hall–Kier alpha value is -4.26. The van der Waals surface area contributed by atoms with Crippen LogP contribution in [0.15, 0.2) is 71.7 Å². The van der Waals surface area contributed by atoms with Crippen molar-refractivity contribution in [1.82, 2.24) is 4.57 Å². The van der Waals surface area contributed by atoms with Gasteiger partial charge >= 0.3 is 0 Å². The second-order valence-electron chi connectivity index (χ2n) is 7.92. The molecule has 0 saturated heterocycles. The van der Waals surface area contributed by atoms with Gasteiger partial charge in [-0.15, -0.1) is 0 Å². The number of ketones is 1. The zero-order valence-corrected chi connectivity index (χ0v) is 18.9. The lowest BCUT2D eigenvalue weighted by Gasteiger charge is -2.21. The van der Waals surface area contributed by atoms with E-state index in [4.69, 9.17) is 18.9 Å². The minimum atomic E-state index is -0.354. The summed E-state index contributed by atoms with van der Waals surface area (Å²) in [6, 6.07) is 17.8. The van der Waals surface area contributed by atoms with Crippen molar-refractivity contribution in [3.8, 4) is 23.0 Å². The molecule has 3 aromatic carbocycles. The summed E-state index contributed by atoms with van der Waals surface area (Å²) in [5.74, 6) is 2.11. The summed E-state index contributed by atoms with van der Waals surface area (Å²) in [6.45, 7) is 1.29. The lowest BCUT2D eigenvalue weighted by Crippen LogP contribution is -2.21. The van der Waals surface area contributed by atoms with Crippen molar-refractivity contribution in [3.05, 3.63) is 93.8 Å². The van der Waals surface area contributed by atoms with Crippen LogP contribution in [0.4, 0.5) is 0 Å². The van der Waals surface area contributed by atoms with E-state index >= 15 is 0 Å². The molecule has 0 amide bonds. The minimum absolute atomic E-state index is 0.0860. The minimum Gasteiger partial charge on any atom is -0.497 e. The number of rotatable bonds is 6. The Morgan fingerprint density at radius 3 is 2.09 bits per heavy atom. The van der Waals surface area contributed by atoms with Gasteiger partial charge in [-0.3, -0.25) is 9.59 Å². The van der Waals surface area contributed by atoms with Gasteiger partial charge in [0.25, 0.3) is 0 Å². The molecule has 0 unspecified atom stereocenters. The summed E-state index contributed by atoms with van der Waals surface area (Å²) in [5.41, 5.74) is 1.80. The molecule has 2 heterocycles. The number of nitrogens with zero attached hydrogens (tertiary/aromatic N) is 1. The fourth-order valence-electron chi connectivity index (χ4n) is 4.04. The molecule has 1 aromatic heterocycles. The van der Waals surface area contributed by atoms with Crippen molar-refractivity contribution >= 4 is 16.7 Å². The number of aromatic nitrogens is 1. The van der Waals surface area contributed by atoms with E-state index < -0.39 is 0 Å². The number of fused-ring (bicyclic) bond motifs is 2. The van der Waals surface area contributed by atoms with E-state index in [1.165, 1.54) is 0 Å². The third-order valence-corrected chi connectivity index (χ3v) is 5.85. The summed E-state index contributed by atoms with van der Waals surface area (Å²) < 4.78 is 23.8. The van der Waals surface area contributed by atoms with Crippen LogP contribution in [0.25, 0.3) is 10.9 Å². The van der Waals surface area contributed by atoms with Crippen LogP contribution in [0.3, 0.4) is 0 Å². The van der Waals surface area contributed by atoms with Gasteiger partial charge in [-0.1, -0.05) is 12.1 Å². The van der Waals surface area contributed by atoms with Gasteiger partial charge in [-0.25, -0.2) is 0 Å². The van der Waals surface area contributed by atoms with Crippen LogP contribution in [0.1, 0.15) is 21.5 Å². The van der Waals surface area contributed by atoms with Crippen molar-refractivity contribution in [1.29, 1.82) is 0 Å². The maximum atomic E-state index is 13.5. The summed E-state index contributed by atoms with van der Waals surface area (Å²) in [4.78, 5) is 26.8. The number of carbonyl (C=O) groups excluding carboxylic acids is 1. The van der Waals surface area contributed by atoms with Gasteiger partial charge < -0.3 is 23.5 Å². The van der Waals surface area contributed by atoms with Crippen LogP contribution in [0.2, 0.25) is 0 Å². The van der Waals surface area contributed by atoms with E-state index in [9.17, 15) is 9.59 Å². The van der Waals surface area contributed by atoms with Gasteiger partial charge in [-0.2, -0.15) is 0 Å². The number of benzene rings is 3. The van der Waals surface area contributed by atoms with Crippen molar-refractivity contribution in [2.45, 2.75) is 6.54 Å². The smallest absolute Gasteiger partial charge is 0.200 e. The third kappa shape index (κ3) is 3.96. The summed E-state index contributed by atoms with van der Waals surface area (Å²) in [6.07, 6.45) is 1.62. The molecule has 0 bridgehead atoms. The second kappa shape index (κ2) is 8.94. The van der Waals surface area contributed by atoms with Crippen LogP contribution in [0, 0.1) is 0 Å². The van der Waals surface area contributed by atoms with E-state index in [-0.39, 0.29) is 16.8 Å². The molecule has 1 aliphatic rings. The lowest BCUT2D eigenvalue weighted by atomic mass is 10.0. The zero-order valence-electron chi connectivity index (χ0n) is 18.9. The van der Waals surface area contributed by atoms with Gasteiger partial charge in [0.15, 0.2) is 17.3 Å². The molecule has 7 nitrogen and oxygen atoms in total. The molecular formula is C27H23NO6.